The fourth-order valence-electron chi connectivity index (χ4n) is 1.19. The van der Waals surface area contributed by atoms with Crippen molar-refractivity contribution in [1.82, 2.24) is 0 Å². The number of rotatable bonds is 4. The van der Waals surface area contributed by atoms with E-state index in [0.717, 1.165) is 5.69 Å². The Labute approximate surface area is 84.1 Å². The summed E-state index contributed by atoms with van der Waals surface area (Å²) in [6, 6.07) is 9.60. The van der Waals surface area contributed by atoms with Crippen LogP contribution in [0.4, 0.5) is 5.69 Å². The van der Waals surface area contributed by atoms with E-state index in [-0.39, 0.29) is 12.0 Å². The third-order valence-electron chi connectivity index (χ3n) is 1.90. The molecule has 1 atom stereocenters. The molecular weight excluding hydrogens is 178 g/mol. The normalized spacial score (nSPS) is 12.1. The van der Waals surface area contributed by atoms with E-state index in [1.54, 1.807) is 0 Å². The molecule has 0 fully saturated rings. The van der Waals surface area contributed by atoms with Gasteiger partial charge in [0, 0.05) is 0 Å². The fourth-order valence-corrected chi connectivity index (χ4v) is 1.19. The van der Waals surface area contributed by atoms with Crippen LogP contribution < -0.4 is 5.32 Å². The van der Waals surface area contributed by atoms with Crippen LogP contribution in [0.1, 0.15) is 13.8 Å². The number of hydrogen-bond acceptors (Lipinski definition) is 2. The number of quaternary nitrogens is 1. The summed E-state index contributed by atoms with van der Waals surface area (Å²) in [7, 11) is 0. The number of carbonyl (C=O) groups is 1. The molecule has 0 aliphatic rings. The van der Waals surface area contributed by atoms with Gasteiger partial charge >= 0.3 is 5.97 Å². The van der Waals surface area contributed by atoms with Crippen LogP contribution in [0.15, 0.2) is 30.3 Å². The van der Waals surface area contributed by atoms with Gasteiger partial charge in [0.15, 0.2) is 6.04 Å². The van der Waals surface area contributed by atoms with Crippen LogP contribution >= 0.6 is 0 Å². The van der Waals surface area contributed by atoms with Crippen LogP contribution in [0.5, 0.6) is 0 Å². The van der Waals surface area contributed by atoms with Crippen LogP contribution in [-0.4, -0.2) is 18.6 Å². The Hall–Kier alpha value is -1.35. The number of nitrogens with two attached hydrogens (primary N) is 1. The smallest absolute Gasteiger partial charge is 0.364 e. The van der Waals surface area contributed by atoms with Crippen LogP contribution in [0, 0.1) is 0 Å². The minimum atomic E-state index is -0.183. The summed E-state index contributed by atoms with van der Waals surface area (Å²) < 4.78 is 4.91. The molecule has 3 nitrogen and oxygen atoms in total. The second kappa shape index (κ2) is 5.40. The largest absolute Gasteiger partial charge is 0.462 e. The van der Waals surface area contributed by atoms with Crippen molar-refractivity contribution < 1.29 is 14.8 Å². The van der Waals surface area contributed by atoms with Gasteiger partial charge in [-0.3, -0.25) is 0 Å². The van der Waals surface area contributed by atoms with E-state index in [1.807, 2.05) is 49.5 Å². The Morgan fingerprint density at radius 1 is 1.43 bits per heavy atom. The predicted octanol–water partition coefficient (Wildman–Crippen LogP) is 0.833. The van der Waals surface area contributed by atoms with Crippen molar-refractivity contribution in [3.63, 3.8) is 0 Å². The summed E-state index contributed by atoms with van der Waals surface area (Å²) in [5.74, 6) is -0.170. The summed E-state index contributed by atoms with van der Waals surface area (Å²) in [6.45, 7) is 4.09. The molecule has 76 valence electrons. The molecule has 0 aromatic heterocycles. The van der Waals surface area contributed by atoms with Gasteiger partial charge in [-0.05, 0) is 26.0 Å². The molecule has 0 saturated heterocycles. The zero-order valence-corrected chi connectivity index (χ0v) is 8.57. The lowest BCUT2D eigenvalue weighted by Gasteiger charge is -2.08. The Balaban J connectivity index is 2.49. The maximum atomic E-state index is 11.3. The summed E-state index contributed by atoms with van der Waals surface area (Å²) >= 11 is 0. The van der Waals surface area contributed by atoms with Crippen molar-refractivity contribution in [3.8, 4) is 0 Å². The lowest BCUT2D eigenvalue weighted by molar-refractivity contribution is -0.595. The van der Waals surface area contributed by atoms with Crippen molar-refractivity contribution in [3.05, 3.63) is 30.3 Å². The lowest BCUT2D eigenvalue weighted by Crippen LogP contribution is -2.85. The Kier molecular flexibility index (Phi) is 4.13. The minimum Gasteiger partial charge on any atom is -0.462 e. The molecule has 0 saturated carbocycles. The van der Waals surface area contributed by atoms with E-state index < -0.39 is 0 Å². The molecular formula is C11H16NO2+. The van der Waals surface area contributed by atoms with Crippen LogP contribution in [0.25, 0.3) is 0 Å². The van der Waals surface area contributed by atoms with Crippen LogP contribution in [-0.2, 0) is 9.53 Å². The highest BCUT2D eigenvalue weighted by molar-refractivity contribution is 5.73. The van der Waals surface area contributed by atoms with Crippen molar-refractivity contribution >= 4 is 11.7 Å². The number of benzene rings is 1. The zero-order valence-electron chi connectivity index (χ0n) is 8.57. The highest BCUT2D eigenvalue weighted by atomic mass is 16.5. The van der Waals surface area contributed by atoms with Crippen LogP contribution in [0.3, 0.4) is 0 Å². The van der Waals surface area contributed by atoms with E-state index in [0.29, 0.717) is 6.61 Å². The Bertz CT molecular complexity index is 285. The molecule has 0 aliphatic heterocycles. The van der Waals surface area contributed by atoms with Gasteiger partial charge in [-0.15, -0.1) is 0 Å². The number of hydrogen-bond donors (Lipinski definition) is 1. The van der Waals surface area contributed by atoms with Gasteiger partial charge in [0.25, 0.3) is 0 Å². The van der Waals surface area contributed by atoms with Gasteiger partial charge in [0.1, 0.15) is 5.69 Å². The third-order valence-corrected chi connectivity index (χ3v) is 1.90. The molecule has 0 heterocycles. The zero-order chi connectivity index (χ0) is 10.4. The molecule has 1 unspecified atom stereocenters. The first-order valence-electron chi connectivity index (χ1n) is 4.80. The molecule has 14 heavy (non-hydrogen) atoms. The second-order valence-electron chi connectivity index (χ2n) is 3.12. The predicted molar refractivity (Wildman–Crippen MR) is 54.1 cm³/mol. The molecule has 3 heteroatoms. The highest BCUT2D eigenvalue weighted by Crippen LogP contribution is 1.97. The van der Waals surface area contributed by atoms with Gasteiger partial charge < -0.3 is 10.1 Å². The first kappa shape index (κ1) is 10.7. The topological polar surface area (TPSA) is 42.9 Å². The van der Waals surface area contributed by atoms with E-state index in [1.165, 1.54) is 0 Å². The Morgan fingerprint density at radius 3 is 2.64 bits per heavy atom. The van der Waals surface area contributed by atoms with Gasteiger partial charge in [-0.2, -0.15) is 0 Å². The second-order valence-corrected chi connectivity index (χ2v) is 3.12. The van der Waals surface area contributed by atoms with E-state index in [2.05, 4.69) is 0 Å². The Morgan fingerprint density at radius 2 is 2.07 bits per heavy atom. The maximum absolute atomic E-state index is 11.3. The van der Waals surface area contributed by atoms with E-state index >= 15 is 0 Å². The average molecular weight is 194 g/mol. The van der Waals surface area contributed by atoms with Crippen molar-refractivity contribution in [2.24, 2.45) is 0 Å². The summed E-state index contributed by atoms with van der Waals surface area (Å²) in [5.41, 5.74) is 1.05. The summed E-state index contributed by atoms with van der Waals surface area (Å²) in [4.78, 5) is 11.3. The molecule has 0 amide bonds. The number of para-hydroxylation sites is 1. The first-order chi connectivity index (χ1) is 6.74. The lowest BCUT2D eigenvalue weighted by atomic mass is 10.2. The molecule has 0 radical (unpaired) electrons. The molecule has 1 rings (SSSR count). The maximum Gasteiger partial charge on any atom is 0.364 e. The standard InChI is InChI=1S/C11H15NO2/c1-3-14-11(13)9(2)12-10-7-5-4-6-8-10/h4-9,12H,3H2,1-2H3/p+1. The van der Waals surface area contributed by atoms with Gasteiger partial charge in [-0.1, -0.05) is 18.2 Å². The monoisotopic (exact) mass is 194 g/mol. The van der Waals surface area contributed by atoms with Crippen molar-refractivity contribution in [2.75, 3.05) is 6.61 Å². The molecule has 1 aromatic rings. The highest BCUT2D eigenvalue weighted by Gasteiger charge is 2.17. The third kappa shape index (κ3) is 3.18. The SMILES string of the molecule is CCOC(=O)C(C)[NH2+]c1ccccc1. The van der Waals surface area contributed by atoms with Gasteiger partial charge in [0.05, 0.1) is 6.61 Å². The minimum absolute atomic E-state index is 0.170. The average Bonchev–Trinajstić information content (AvgIpc) is 2.19. The van der Waals surface area contributed by atoms with Crippen LogP contribution in [0.2, 0.25) is 0 Å². The van der Waals surface area contributed by atoms with E-state index in [9.17, 15) is 4.79 Å². The molecule has 0 bridgehead atoms. The summed E-state index contributed by atoms with van der Waals surface area (Å²) in [6.07, 6.45) is 0. The van der Waals surface area contributed by atoms with Crippen molar-refractivity contribution in [1.29, 1.82) is 0 Å². The fraction of sp³-hybridized carbons (Fsp3) is 0.364. The first-order valence-corrected chi connectivity index (χ1v) is 4.80. The van der Waals surface area contributed by atoms with E-state index in [4.69, 9.17) is 4.74 Å². The molecule has 1 aromatic carbocycles. The summed E-state index contributed by atoms with van der Waals surface area (Å²) in [5, 5.41) is 1.90. The molecule has 0 aliphatic carbocycles. The number of carbonyl (C=O) groups excluding carboxylic acids is 1. The van der Waals surface area contributed by atoms with Gasteiger partial charge in [-0.25, -0.2) is 4.79 Å². The number of esters is 1. The quantitative estimate of drug-likeness (QED) is 0.570. The van der Waals surface area contributed by atoms with Gasteiger partial charge in [0.2, 0.25) is 0 Å². The molecule has 2 N–H and O–H groups in total. The van der Waals surface area contributed by atoms with Crippen molar-refractivity contribution in [2.45, 2.75) is 19.9 Å². The molecule has 0 spiro atoms. The number of ether oxygens (including phenoxy) is 1.